The molecule has 294 valence electrons. The Bertz CT molecular complexity index is 2120. The van der Waals surface area contributed by atoms with Gasteiger partial charge in [0.1, 0.15) is 35.5 Å². The van der Waals surface area contributed by atoms with Gasteiger partial charge in [-0.15, -0.1) is 0 Å². The first-order valence-electron chi connectivity index (χ1n) is 20.4. The van der Waals surface area contributed by atoms with Gasteiger partial charge in [-0.2, -0.15) is 15.4 Å². The fourth-order valence-corrected chi connectivity index (χ4v) is 7.94. The lowest BCUT2D eigenvalue weighted by Gasteiger charge is -2.29. The normalized spacial score (nSPS) is 15.7. The summed E-state index contributed by atoms with van der Waals surface area (Å²) in [6.07, 6.45) is 15.7. The second kappa shape index (κ2) is 20.4. The van der Waals surface area contributed by atoms with Gasteiger partial charge in [0, 0.05) is 16.5 Å². The van der Waals surface area contributed by atoms with Crippen LogP contribution in [0.2, 0.25) is 0 Å². The number of rotatable bonds is 20. The molecule has 4 aromatic rings. The van der Waals surface area contributed by atoms with E-state index in [1.807, 2.05) is 72.8 Å². The number of hydrogen-bond donors (Lipinski definition) is 0. The maximum absolute atomic E-state index is 13.6. The van der Waals surface area contributed by atoms with Crippen molar-refractivity contribution in [3.8, 4) is 35.1 Å². The highest BCUT2D eigenvalue weighted by atomic mass is 17.2. The Balaban J connectivity index is 1.13. The van der Waals surface area contributed by atoms with Gasteiger partial charge in [0.25, 0.3) is 0 Å². The summed E-state index contributed by atoms with van der Waals surface area (Å²) in [5.41, 5.74) is 5.59. The molecule has 0 saturated heterocycles. The Morgan fingerprint density at radius 3 is 1.75 bits per heavy atom. The van der Waals surface area contributed by atoms with Crippen molar-refractivity contribution in [1.29, 1.82) is 10.5 Å². The molecule has 0 saturated carbocycles. The number of unbranched alkanes of at least 4 members (excludes halogenated alkanes) is 6. The molecule has 0 aromatic heterocycles. The van der Waals surface area contributed by atoms with Crippen LogP contribution in [0.4, 0.5) is 0 Å². The van der Waals surface area contributed by atoms with Crippen LogP contribution in [0.1, 0.15) is 111 Å². The summed E-state index contributed by atoms with van der Waals surface area (Å²) in [5.74, 6) is 1.86. The molecule has 1 spiro atoms. The first-order valence-corrected chi connectivity index (χ1v) is 20.4. The first kappa shape index (κ1) is 40.8. The minimum atomic E-state index is -0.712. The Labute approximate surface area is 337 Å². The van der Waals surface area contributed by atoms with Gasteiger partial charge >= 0.3 is 5.97 Å². The average molecular weight is 765 g/mol. The fraction of sp³-hybridized carbons (Fsp3) is 0.367. The van der Waals surface area contributed by atoms with Gasteiger partial charge in [-0.25, -0.2) is 4.79 Å². The largest absolute Gasteiger partial charge is 0.494 e. The molecule has 1 atom stereocenters. The molecule has 57 heavy (non-hydrogen) atoms. The number of fused-ring (bicyclic) bond motifs is 4. The van der Waals surface area contributed by atoms with E-state index in [9.17, 15) is 15.3 Å². The summed E-state index contributed by atoms with van der Waals surface area (Å²) >= 11 is 0. The predicted molar refractivity (Wildman–Crippen MR) is 222 cm³/mol. The average Bonchev–Trinajstić information content (AvgIpc) is 3.82. The molecule has 0 aliphatic heterocycles. The van der Waals surface area contributed by atoms with Gasteiger partial charge in [0.15, 0.2) is 5.75 Å². The molecule has 0 radical (unpaired) electrons. The number of benzene rings is 4. The van der Waals surface area contributed by atoms with E-state index in [4.69, 9.17) is 24.0 Å². The van der Waals surface area contributed by atoms with Gasteiger partial charge in [-0.3, -0.25) is 0 Å². The standard InChI is InChI=1S/C49H52N2O6/c1-3-5-7-9-29-53-42-21-17-36(18-22-42)31-38(33-50)35-55-57-45-16-12-14-40-26-28-49(47(40)45)27-25-39-13-11-15-44(46(39)49)56-48(52)41(34-51)32-37-19-23-43(24-20-37)54-30-10-8-6-4-2/h11-24,31-32H,3-10,25-30,35H2,1-2H3/b38-31+,41-32+. The van der Waals surface area contributed by atoms with Gasteiger partial charge < -0.3 is 19.1 Å². The summed E-state index contributed by atoms with van der Waals surface area (Å²) < 4.78 is 17.8. The smallest absolute Gasteiger partial charge is 0.354 e. The summed E-state index contributed by atoms with van der Waals surface area (Å²) in [6.45, 7) is 5.68. The molecule has 0 fully saturated rings. The molecule has 1 unspecified atom stereocenters. The van der Waals surface area contributed by atoms with E-state index < -0.39 is 11.4 Å². The van der Waals surface area contributed by atoms with Crippen LogP contribution in [0, 0.1) is 22.7 Å². The fourth-order valence-electron chi connectivity index (χ4n) is 7.94. The van der Waals surface area contributed by atoms with Crippen LogP contribution in [0.5, 0.6) is 23.0 Å². The maximum atomic E-state index is 13.6. The van der Waals surface area contributed by atoms with Crippen LogP contribution in [0.25, 0.3) is 12.2 Å². The minimum absolute atomic E-state index is 0.0413. The molecule has 0 amide bonds. The zero-order chi connectivity index (χ0) is 39.9. The van der Waals surface area contributed by atoms with Gasteiger partial charge in [0.05, 0.1) is 24.9 Å². The Morgan fingerprint density at radius 2 is 1.21 bits per heavy atom. The number of nitrogens with zero attached hydrogens (tertiary/aromatic N) is 2. The molecular weight excluding hydrogens is 713 g/mol. The zero-order valence-electron chi connectivity index (χ0n) is 33.2. The lowest BCUT2D eigenvalue weighted by atomic mass is 9.76. The predicted octanol–water partition coefficient (Wildman–Crippen LogP) is 11.2. The van der Waals surface area contributed by atoms with Crippen molar-refractivity contribution in [2.75, 3.05) is 19.8 Å². The second-order valence-corrected chi connectivity index (χ2v) is 14.8. The first-order chi connectivity index (χ1) is 28.0. The number of carbonyl (C=O) groups excluding carboxylic acids is 1. The quantitative estimate of drug-likeness (QED) is 0.0166. The molecule has 2 aliphatic carbocycles. The van der Waals surface area contributed by atoms with E-state index in [1.54, 1.807) is 18.2 Å². The molecule has 2 aliphatic rings. The molecule has 0 N–H and O–H groups in total. The third-order valence-electron chi connectivity index (χ3n) is 10.8. The van der Waals surface area contributed by atoms with Crippen LogP contribution in [0.15, 0.2) is 96.1 Å². The van der Waals surface area contributed by atoms with Crippen molar-refractivity contribution in [3.05, 3.63) is 129 Å². The summed E-state index contributed by atoms with van der Waals surface area (Å²) in [4.78, 5) is 25.4. The molecule has 0 bridgehead atoms. The van der Waals surface area contributed by atoms with Crippen molar-refractivity contribution in [1.82, 2.24) is 0 Å². The van der Waals surface area contributed by atoms with E-state index >= 15 is 0 Å². The summed E-state index contributed by atoms with van der Waals surface area (Å²) in [5, 5.41) is 19.9. The third kappa shape index (κ3) is 10.3. The lowest BCUT2D eigenvalue weighted by molar-refractivity contribution is -0.197. The Kier molecular flexibility index (Phi) is 14.6. The number of esters is 1. The number of nitriles is 2. The van der Waals surface area contributed by atoms with Crippen molar-refractivity contribution in [2.24, 2.45) is 0 Å². The van der Waals surface area contributed by atoms with E-state index in [0.717, 1.165) is 90.7 Å². The highest BCUT2D eigenvalue weighted by molar-refractivity contribution is 5.99. The zero-order valence-corrected chi connectivity index (χ0v) is 33.2. The van der Waals surface area contributed by atoms with Crippen molar-refractivity contribution in [3.63, 3.8) is 0 Å². The van der Waals surface area contributed by atoms with Crippen molar-refractivity contribution in [2.45, 2.75) is 96.3 Å². The molecule has 0 heterocycles. The van der Waals surface area contributed by atoms with Crippen LogP contribution in [0.3, 0.4) is 0 Å². The van der Waals surface area contributed by atoms with Gasteiger partial charge in [-0.1, -0.05) is 101 Å². The van der Waals surface area contributed by atoms with Crippen molar-refractivity contribution >= 4 is 18.1 Å². The molecule has 6 rings (SSSR count). The summed E-state index contributed by atoms with van der Waals surface area (Å²) in [6, 6.07) is 31.0. The molecular formula is C49H52N2O6. The Hall–Kier alpha value is -5.83. The number of aryl methyl sites for hydroxylation is 2. The van der Waals surface area contributed by atoms with Crippen LogP contribution < -0.4 is 19.1 Å². The number of ether oxygens (including phenoxy) is 3. The lowest BCUT2D eigenvalue weighted by Crippen LogP contribution is -2.24. The second-order valence-electron chi connectivity index (χ2n) is 14.8. The van der Waals surface area contributed by atoms with E-state index in [2.05, 4.69) is 32.0 Å². The van der Waals surface area contributed by atoms with E-state index in [1.165, 1.54) is 25.7 Å². The van der Waals surface area contributed by atoms with Crippen LogP contribution in [-0.4, -0.2) is 25.8 Å². The van der Waals surface area contributed by atoms with E-state index in [-0.39, 0.29) is 12.2 Å². The topological polar surface area (TPSA) is 111 Å². The number of carbonyl (C=O) groups is 1. The molecule has 4 aromatic carbocycles. The van der Waals surface area contributed by atoms with E-state index in [0.29, 0.717) is 35.8 Å². The molecule has 8 heteroatoms. The summed E-state index contributed by atoms with van der Waals surface area (Å²) in [7, 11) is 0. The maximum Gasteiger partial charge on any atom is 0.354 e. The highest BCUT2D eigenvalue weighted by Gasteiger charge is 2.49. The Morgan fingerprint density at radius 1 is 0.667 bits per heavy atom. The third-order valence-corrected chi connectivity index (χ3v) is 10.8. The van der Waals surface area contributed by atoms with Crippen LogP contribution in [-0.2, 0) is 27.9 Å². The molecule has 8 nitrogen and oxygen atoms in total. The highest BCUT2D eigenvalue weighted by Crippen LogP contribution is 2.57. The SMILES string of the molecule is CCCCCCOc1ccc(/C=C(\C#N)COOc2cccc3c2C2(CC3)CCc3cccc(OC(=O)/C(C#N)=C/c4ccc(OCCCCCC)cc4)c32)cc1. The van der Waals surface area contributed by atoms with Crippen LogP contribution >= 0.6 is 0 Å². The minimum Gasteiger partial charge on any atom is -0.494 e. The van der Waals surface area contributed by atoms with Gasteiger partial charge in [0.2, 0.25) is 0 Å². The van der Waals surface area contributed by atoms with Gasteiger partial charge in [-0.05, 0) is 109 Å². The van der Waals surface area contributed by atoms with Crippen molar-refractivity contribution < 1.29 is 28.8 Å². The number of hydrogen-bond acceptors (Lipinski definition) is 8. The monoisotopic (exact) mass is 764 g/mol.